The van der Waals surface area contributed by atoms with Crippen molar-refractivity contribution in [3.05, 3.63) is 47.5 Å². The first kappa shape index (κ1) is 29.9. The summed E-state index contributed by atoms with van der Waals surface area (Å²) in [6.07, 6.45) is 7.78. The van der Waals surface area contributed by atoms with Crippen molar-refractivity contribution >= 4 is 16.7 Å². The number of hydrogen-bond acceptors (Lipinski definition) is 2. The van der Waals surface area contributed by atoms with Crippen molar-refractivity contribution in [3.8, 4) is 0 Å². The van der Waals surface area contributed by atoms with Crippen LogP contribution in [0.3, 0.4) is 0 Å². The fourth-order valence-corrected chi connectivity index (χ4v) is 2.56. The molecule has 27 heavy (non-hydrogen) atoms. The third-order valence-electron chi connectivity index (χ3n) is 3.96. The highest BCUT2D eigenvalue weighted by Crippen LogP contribution is 2.18. The van der Waals surface area contributed by atoms with Crippen LogP contribution in [-0.4, -0.2) is 12.6 Å². The first-order valence-electron chi connectivity index (χ1n) is 9.19. The van der Waals surface area contributed by atoms with Gasteiger partial charge in [0.1, 0.15) is 0 Å². The Hall–Kier alpha value is -1.83. The summed E-state index contributed by atoms with van der Waals surface area (Å²) in [4.78, 5) is 10.7. The summed E-state index contributed by atoms with van der Waals surface area (Å²) in [6.45, 7) is 8.47. The molecule has 0 heterocycles. The molecule has 0 N–H and O–H groups in total. The minimum Gasteiger partial charge on any atom is -0.466 e. The van der Waals surface area contributed by atoms with Crippen LogP contribution in [0.4, 0.5) is 0 Å². The Morgan fingerprint density at radius 1 is 0.852 bits per heavy atom. The number of unbranched alkanes of at least 4 members (excludes halogenated alkanes) is 4. The summed E-state index contributed by atoms with van der Waals surface area (Å²) in [7, 11) is 0. The van der Waals surface area contributed by atoms with Crippen molar-refractivity contribution in [1.82, 2.24) is 0 Å². The molecule has 2 aromatic rings. The quantitative estimate of drug-likeness (QED) is 0.360. The highest BCUT2D eigenvalue weighted by atomic mass is 16.5. The van der Waals surface area contributed by atoms with Gasteiger partial charge in [-0.2, -0.15) is 0 Å². The number of carbonyl (C=O) groups is 1. The first-order chi connectivity index (χ1) is 11.6. The SMILES string of the molecule is C.C.C.CC(=O)OCCc1ccc2cc(C)ccc2c1.CCCCCCC. The van der Waals surface area contributed by atoms with Crippen molar-refractivity contribution in [1.29, 1.82) is 0 Å². The van der Waals surface area contributed by atoms with Gasteiger partial charge < -0.3 is 4.74 Å². The molecule has 2 heteroatoms. The zero-order valence-corrected chi connectivity index (χ0v) is 15.7. The number of hydrogen-bond donors (Lipinski definition) is 0. The lowest BCUT2D eigenvalue weighted by Gasteiger charge is -2.05. The fraction of sp³-hybridized carbons (Fsp3) is 0.560. The fourth-order valence-electron chi connectivity index (χ4n) is 2.56. The Kier molecular flexibility index (Phi) is 19.5. The largest absolute Gasteiger partial charge is 0.466 e. The number of rotatable bonds is 7. The number of benzene rings is 2. The second-order valence-electron chi connectivity index (χ2n) is 6.34. The van der Waals surface area contributed by atoms with E-state index in [4.69, 9.17) is 4.74 Å². The Bertz CT molecular complexity index is 613. The maximum atomic E-state index is 10.7. The third-order valence-corrected chi connectivity index (χ3v) is 3.96. The van der Waals surface area contributed by atoms with Gasteiger partial charge in [0.05, 0.1) is 6.61 Å². The van der Waals surface area contributed by atoms with E-state index in [-0.39, 0.29) is 28.2 Å². The van der Waals surface area contributed by atoms with Crippen molar-refractivity contribution in [2.24, 2.45) is 0 Å². The minimum absolute atomic E-state index is 0. The molecule has 0 aliphatic rings. The van der Waals surface area contributed by atoms with E-state index < -0.39 is 0 Å². The molecule has 156 valence electrons. The van der Waals surface area contributed by atoms with E-state index in [9.17, 15) is 4.79 Å². The molecule has 0 aromatic heterocycles. The summed E-state index contributed by atoms with van der Waals surface area (Å²) in [5.41, 5.74) is 2.47. The predicted molar refractivity (Wildman–Crippen MR) is 124 cm³/mol. The maximum absolute atomic E-state index is 10.7. The molecule has 0 atom stereocenters. The first-order valence-corrected chi connectivity index (χ1v) is 9.19. The van der Waals surface area contributed by atoms with Crippen LogP contribution in [0.5, 0.6) is 0 Å². The van der Waals surface area contributed by atoms with Crippen LogP contribution in [-0.2, 0) is 16.0 Å². The Morgan fingerprint density at radius 3 is 1.96 bits per heavy atom. The van der Waals surface area contributed by atoms with Crippen molar-refractivity contribution in [2.75, 3.05) is 6.61 Å². The lowest BCUT2D eigenvalue weighted by atomic mass is 10.0. The maximum Gasteiger partial charge on any atom is 0.302 e. The monoisotopic (exact) mass is 376 g/mol. The molecule has 0 radical (unpaired) electrons. The third kappa shape index (κ3) is 13.1. The van der Waals surface area contributed by atoms with Crippen LogP contribution in [0.25, 0.3) is 10.8 Å². The van der Waals surface area contributed by atoms with Gasteiger partial charge in [0.15, 0.2) is 0 Å². The standard InChI is InChI=1S/C15H16O2.C7H16.3CH4/c1-11-3-5-15-10-13(4-6-14(15)9-11)7-8-17-12(2)16;1-3-5-7-6-4-2;;;/h3-6,9-10H,7-8H2,1-2H3;3-7H2,1-2H3;3*1H4. The van der Waals surface area contributed by atoms with Crippen LogP contribution in [0, 0.1) is 6.92 Å². The summed E-state index contributed by atoms with van der Waals surface area (Å²) >= 11 is 0. The van der Waals surface area contributed by atoms with Gasteiger partial charge in [-0.05, 0) is 23.3 Å². The van der Waals surface area contributed by atoms with Crippen molar-refractivity contribution in [2.45, 2.75) is 88.5 Å². The van der Waals surface area contributed by atoms with Crippen molar-refractivity contribution in [3.63, 3.8) is 0 Å². The van der Waals surface area contributed by atoms with Crippen LogP contribution < -0.4 is 0 Å². The van der Waals surface area contributed by atoms with Gasteiger partial charge in [-0.3, -0.25) is 4.79 Å². The van der Waals surface area contributed by atoms with Crippen molar-refractivity contribution < 1.29 is 9.53 Å². The lowest BCUT2D eigenvalue weighted by molar-refractivity contribution is -0.140. The van der Waals surface area contributed by atoms with E-state index >= 15 is 0 Å². The molecule has 0 bridgehead atoms. The molecule has 0 spiro atoms. The summed E-state index contributed by atoms with van der Waals surface area (Å²) in [5, 5.41) is 2.48. The van der Waals surface area contributed by atoms with Gasteiger partial charge >= 0.3 is 5.97 Å². The molecular formula is C25H44O2. The molecule has 0 unspecified atom stereocenters. The number of esters is 1. The highest BCUT2D eigenvalue weighted by Gasteiger charge is 1.99. The molecule has 0 amide bonds. The van der Waals surface area contributed by atoms with Crippen LogP contribution >= 0.6 is 0 Å². The summed E-state index contributed by atoms with van der Waals surface area (Å²) < 4.78 is 4.94. The number of aryl methyl sites for hydroxylation is 1. The van der Waals surface area contributed by atoms with Gasteiger partial charge in [-0.1, -0.05) is 110 Å². The molecule has 2 nitrogen and oxygen atoms in total. The second-order valence-corrected chi connectivity index (χ2v) is 6.34. The zero-order valence-electron chi connectivity index (χ0n) is 15.7. The van der Waals surface area contributed by atoms with E-state index in [1.54, 1.807) is 0 Å². The van der Waals surface area contributed by atoms with Crippen LogP contribution in [0.2, 0.25) is 0 Å². The van der Waals surface area contributed by atoms with Gasteiger partial charge in [0, 0.05) is 13.3 Å². The van der Waals surface area contributed by atoms with Gasteiger partial charge in [0.25, 0.3) is 0 Å². The Labute approximate surface area is 169 Å². The number of ether oxygens (including phenoxy) is 1. The molecule has 2 aromatic carbocycles. The summed E-state index contributed by atoms with van der Waals surface area (Å²) in [6, 6.07) is 12.8. The predicted octanol–water partition coefficient (Wildman–Crippen LogP) is 8.14. The molecule has 0 aliphatic carbocycles. The van der Waals surface area contributed by atoms with E-state index in [2.05, 4.69) is 57.2 Å². The molecule has 2 rings (SSSR count). The minimum atomic E-state index is -0.221. The molecular weight excluding hydrogens is 332 g/mol. The van der Waals surface area contributed by atoms with E-state index in [1.807, 2.05) is 0 Å². The molecule has 0 aliphatic heterocycles. The topological polar surface area (TPSA) is 26.3 Å². The van der Waals surface area contributed by atoms with E-state index in [0.29, 0.717) is 6.61 Å². The average molecular weight is 377 g/mol. The number of fused-ring (bicyclic) bond motifs is 1. The van der Waals surface area contributed by atoms with E-state index in [1.165, 1.54) is 60.9 Å². The van der Waals surface area contributed by atoms with Gasteiger partial charge in [-0.15, -0.1) is 0 Å². The number of carbonyl (C=O) groups excluding carboxylic acids is 1. The second kappa shape index (κ2) is 17.6. The Balaban J connectivity index is -0.000000504. The molecule has 0 saturated carbocycles. The normalized spacial score (nSPS) is 9.04. The Morgan fingerprint density at radius 2 is 1.41 bits per heavy atom. The van der Waals surface area contributed by atoms with Crippen LogP contribution in [0.15, 0.2) is 36.4 Å². The lowest BCUT2D eigenvalue weighted by Crippen LogP contribution is -2.03. The zero-order chi connectivity index (χ0) is 17.8. The smallest absolute Gasteiger partial charge is 0.302 e. The van der Waals surface area contributed by atoms with Gasteiger partial charge in [-0.25, -0.2) is 0 Å². The highest BCUT2D eigenvalue weighted by molar-refractivity contribution is 5.83. The average Bonchev–Trinajstić information content (AvgIpc) is 2.56. The van der Waals surface area contributed by atoms with E-state index in [0.717, 1.165) is 6.42 Å². The molecule has 0 saturated heterocycles. The molecule has 0 fully saturated rings. The van der Waals surface area contributed by atoms with Gasteiger partial charge in [0.2, 0.25) is 0 Å². The van der Waals surface area contributed by atoms with Crippen LogP contribution in [0.1, 0.15) is 86.3 Å². The summed E-state index contributed by atoms with van der Waals surface area (Å²) in [5.74, 6) is -0.221.